The fourth-order valence-electron chi connectivity index (χ4n) is 6.54. The van der Waals surface area contributed by atoms with Crippen LogP contribution in [0.2, 0.25) is 0 Å². The number of carbonyl (C=O) groups excluding carboxylic acids is 1. The molecular formula is C34H36N4O7. The second-order valence-electron chi connectivity index (χ2n) is 12.0. The average molecular weight is 613 g/mol. The number of allylic oxidation sites excluding steroid dienone is 1. The Hall–Kier alpha value is -4.90. The molecule has 2 bridgehead atoms. The van der Waals surface area contributed by atoms with Gasteiger partial charge in [0.15, 0.2) is 5.43 Å². The number of aliphatic hydroxyl groups is 1. The minimum atomic E-state index is -1.11. The summed E-state index contributed by atoms with van der Waals surface area (Å²) in [7, 11) is 0. The highest BCUT2D eigenvalue weighted by molar-refractivity contribution is 5.91. The lowest BCUT2D eigenvalue weighted by Crippen LogP contribution is -2.57. The quantitative estimate of drug-likeness (QED) is 0.189. The van der Waals surface area contributed by atoms with Crippen LogP contribution in [0.4, 0.5) is 11.6 Å². The first-order valence-corrected chi connectivity index (χ1v) is 14.9. The number of nitrogens with two attached hydrogens (primary N) is 2. The predicted octanol–water partition coefficient (Wildman–Crippen LogP) is 3.91. The molecule has 4 aromatic rings. The fourth-order valence-corrected chi connectivity index (χ4v) is 6.54. The molecule has 6 N–H and O–H groups in total. The molecule has 3 unspecified atom stereocenters. The van der Waals surface area contributed by atoms with Crippen LogP contribution in [0, 0.1) is 5.92 Å². The Bertz CT molecular complexity index is 1900. The van der Waals surface area contributed by atoms with Crippen molar-refractivity contribution < 1.29 is 28.9 Å². The van der Waals surface area contributed by atoms with Crippen molar-refractivity contribution in [3.8, 4) is 11.5 Å². The average Bonchev–Trinajstić information content (AvgIpc) is 3.02. The third-order valence-corrected chi connectivity index (χ3v) is 9.29. The highest BCUT2D eigenvalue weighted by atomic mass is 16.6. The molecule has 6 rings (SSSR count). The number of phenolic OH excluding ortho intramolecular Hbond substituents is 1. The lowest BCUT2D eigenvalue weighted by molar-refractivity contribution is -0.165. The number of aromatic hydroxyl groups is 1. The van der Waals surface area contributed by atoms with Gasteiger partial charge in [-0.3, -0.25) is 4.79 Å². The Morgan fingerprint density at radius 2 is 2.00 bits per heavy atom. The second-order valence-corrected chi connectivity index (χ2v) is 12.0. The number of pyridine rings is 2. The van der Waals surface area contributed by atoms with Gasteiger partial charge in [0.05, 0.1) is 0 Å². The summed E-state index contributed by atoms with van der Waals surface area (Å²) in [5.41, 5.74) is 14.7. The van der Waals surface area contributed by atoms with Gasteiger partial charge in [0, 0.05) is 53.9 Å². The molecule has 0 saturated heterocycles. The second kappa shape index (κ2) is 11.6. The van der Waals surface area contributed by atoms with Gasteiger partial charge in [-0.1, -0.05) is 12.1 Å². The number of rotatable bonds is 5. The Kier molecular flexibility index (Phi) is 7.74. The number of anilines is 2. The maximum absolute atomic E-state index is 13.3. The maximum Gasteiger partial charge on any atom is 0.333 e. The molecule has 0 amide bonds. The minimum Gasteiger partial charge on any atom is -0.507 e. The third kappa shape index (κ3) is 5.27. The molecule has 3 aromatic heterocycles. The Morgan fingerprint density at radius 1 is 1.20 bits per heavy atom. The van der Waals surface area contributed by atoms with Crippen molar-refractivity contribution in [3.05, 3.63) is 92.1 Å². The van der Waals surface area contributed by atoms with Gasteiger partial charge in [-0.15, -0.1) is 0 Å². The molecular weight excluding hydrogens is 576 g/mol. The lowest BCUT2D eigenvalue weighted by atomic mass is 9.72. The van der Waals surface area contributed by atoms with E-state index < -0.39 is 29.7 Å². The first-order chi connectivity index (χ1) is 21.5. The monoisotopic (exact) mass is 612 g/mol. The van der Waals surface area contributed by atoms with Gasteiger partial charge < -0.3 is 35.6 Å². The zero-order valence-corrected chi connectivity index (χ0v) is 25.4. The van der Waals surface area contributed by atoms with Gasteiger partial charge in [-0.25, -0.2) is 14.8 Å². The number of phenols is 1. The van der Waals surface area contributed by atoms with Gasteiger partial charge in [-0.05, 0) is 68.9 Å². The summed E-state index contributed by atoms with van der Waals surface area (Å²) in [6.45, 7) is 4.83. The maximum atomic E-state index is 13.3. The highest BCUT2D eigenvalue weighted by Crippen LogP contribution is 2.50. The van der Waals surface area contributed by atoms with E-state index >= 15 is 0 Å². The first-order valence-electron chi connectivity index (χ1n) is 14.9. The molecule has 5 heterocycles. The summed E-state index contributed by atoms with van der Waals surface area (Å²) in [6.07, 6.45) is 6.16. The zero-order valence-electron chi connectivity index (χ0n) is 25.4. The molecule has 0 fully saturated rings. The normalized spacial score (nSPS) is 21.1. The van der Waals surface area contributed by atoms with E-state index in [9.17, 15) is 19.8 Å². The number of aliphatic hydroxyl groups excluding tert-OH is 1. The van der Waals surface area contributed by atoms with Gasteiger partial charge in [0.2, 0.25) is 0 Å². The van der Waals surface area contributed by atoms with E-state index in [1.165, 1.54) is 0 Å². The van der Waals surface area contributed by atoms with Crippen LogP contribution >= 0.6 is 0 Å². The first kappa shape index (κ1) is 30.1. The molecule has 3 atom stereocenters. The number of ether oxygens (including phenoxy) is 2. The third-order valence-electron chi connectivity index (χ3n) is 9.29. The molecule has 234 valence electrons. The molecule has 1 aromatic carbocycles. The number of benzene rings is 1. The number of fused-ring (bicyclic) bond motifs is 4. The van der Waals surface area contributed by atoms with Crippen LogP contribution < -0.4 is 21.6 Å². The summed E-state index contributed by atoms with van der Waals surface area (Å²) >= 11 is 0. The Balaban J connectivity index is 1.64. The standard InChI is InChI=1S/C34H36N4O7/c1-4-17(2)33(42)44-26-14-23-29(41)28-25(40)13-21(16-39)43-31(28)24-12-19-9-10-37-32(36)22(19)7-6-20(34(26,3)45-30(23)24)11-18-5-8-27(35)38-15-18/h4-5,8-10,13,15,20,26,39,41H,6-7,11-12,14,16H2,1-3H3,(H2,35,38)(H2,36,37). The zero-order chi connectivity index (χ0) is 32.0. The number of nitrogens with zero attached hydrogens (tertiary/aromatic N) is 2. The molecule has 2 aliphatic rings. The van der Waals surface area contributed by atoms with Crippen molar-refractivity contribution in [1.82, 2.24) is 9.97 Å². The van der Waals surface area contributed by atoms with E-state index in [1.807, 2.05) is 19.1 Å². The van der Waals surface area contributed by atoms with Gasteiger partial charge >= 0.3 is 5.97 Å². The molecule has 11 heteroatoms. The van der Waals surface area contributed by atoms with Gasteiger partial charge in [0.25, 0.3) is 0 Å². The molecule has 0 saturated carbocycles. The molecule has 11 nitrogen and oxygen atoms in total. The van der Waals surface area contributed by atoms with Crippen molar-refractivity contribution in [2.24, 2.45) is 5.92 Å². The fraction of sp³-hybridized carbons (Fsp3) is 0.353. The SMILES string of the molecule is CC=C(C)C(=O)OC1Cc2c3c(c4oc(CO)cc(=O)c4c2O)Cc2ccnc(N)c2CCC(Cc2ccc(N)nc2)C1(C)O3. The van der Waals surface area contributed by atoms with Crippen LogP contribution in [0.3, 0.4) is 0 Å². The molecule has 45 heavy (non-hydrogen) atoms. The van der Waals surface area contributed by atoms with Gasteiger partial charge in [-0.2, -0.15) is 0 Å². The number of esters is 1. The van der Waals surface area contributed by atoms with E-state index in [0.717, 1.165) is 22.8 Å². The number of hydrogen-bond donors (Lipinski definition) is 4. The Morgan fingerprint density at radius 3 is 2.71 bits per heavy atom. The van der Waals surface area contributed by atoms with Crippen LogP contribution in [0.15, 0.2) is 57.5 Å². The van der Waals surface area contributed by atoms with Crippen LogP contribution in [0.5, 0.6) is 11.5 Å². The van der Waals surface area contributed by atoms with E-state index in [1.54, 1.807) is 38.4 Å². The lowest BCUT2D eigenvalue weighted by Gasteiger charge is -2.47. The molecule has 0 aliphatic carbocycles. The van der Waals surface area contributed by atoms with Crippen LogP contribution in [-0.2, 0) is 41.8 Å². The smallest absolute Gasteiger partial charge is 0.333 e. The van der Waals surface area contributed by atoms with Crippen molar-refractivity contribution in [2.75, 3.05) is 11.5 Å². The summed E-state index contributed by atoms with van der Waals surface area (Å²) in [4.78, 5) is 35.2. The van der Waals surface area contributed by atoms with Crippen LogP contribution in [0.1, 0.15) is 60.8 Å². The summed E-state index contributed by atoms with van der Waals surface area (Å²) < 4.78 is 19.2. The number of nitrogen functional groups attached to an aromatic ring is 2. The number of carbonyl (C=O) groups is 1. The molecule has 0 spiro atoms. The van der Waals surface area contributed by atoms with Crippen LogP contribution in [0.25, 0.3) is 11.0 Å². The van der Waals surface area contributed by atoms with Crippen molar-refractivity contribution in [2.45, 2.75) is 71.2 Å². The van der Waals surface area contributed by atoms with E-state index in [2.05, 4.69) is 9.97 Å². The highest BCUT2D eigenvalue weighted by Gasteiger charge is 2.51. The molecule has 2 aliphatic heterocycles. The van der Waals surface area contributed by atoms with Crippen molar-refractivity contribution in [1.29, 1.82) is 0 Å². The Labute approximate surface area is 259 Å². The minimum absolute atomic E-state index is 0.0343. The number of aromatic nitrogens is 2. The van der Waals surface area contributed by atoms with E-state index in [-0.39, 0.29) is 41.2 Å². The van der Waals surface area contributed by atoms with Crippen molar-refractivity contribution >= 4 is 28.6 Å². The molecule has 0 radical (unpaired) electrons. The topological polar surface area (TPSA) is 184 Å². The van der Waals surface area contributed by atoms with E-state index in [4.69, 9.17) is 25.4 Å². The summed E-state index contributed by atoms with van der Waals surface area (Å²) in [5, 5.41) is 21.5. The largest absolute Gasteiger partial charge is 0.507 e. The summed E-state index contributed by atoms with van der Waals surface area (Å²) in [6, 6.07) is 6.68. The van der Waals surface area contributed by atoms with Gasteiger partial charge in [0.1, 0.15) is 58.2 Å². The predicted molar refractivity (Wildman–Crippen MR) is 168 cm³/mol. The summed E-state index contributed by atoms with van der Waals surface area (Å²) in [5.74, 6) is 0.110. The van der Waals surface area contributed by atoms with E-state index in [0.29, 0.717) is 53.3 Å². The van der Waals surface area contributed by atoms with Crippen LogP contribution in [-0.4, -0.2) is 37.9 Å². The number of hydrogen-bond acceptors (Lipinski definition) is 11. The van der Waals surface area contributed by atoms with Crippen molar-refractivity contribution in [3.63, 3.8) is 0 Å².